The van der Waals surface area contributed by atoms with Crippen LogP contribution in [0.5, 0.6) is 5.75 Å². The molecule has 0 bridgehead atoms. The summed E-state index contributed by atoms with van der Waals surface area (Å²) in [6.45, 7) is 3.37. The largest absolute Gasteiger partial charge is 0.496 e. The maximum absolute atomic E-state index is 12.1. The molecule has 0 unspecified atom stereocenters. The van der Waals surface area contributed by atoms with Crippen molar-refractivity contribution in [3.8, 4) is 5.75 Å². The van der Waals surface area contributed by atoms with E-state index in [9.17, 15) is 8.42 Å². The molecule has 0 saturated carbocycles. The molecular weight excluding hydrogens is 282 g/mol. The number of methoxy groups -OCH3 is 1. The molecule has 108 valence electrons. The summed E-state index contributed by atoms with van der Waals surface area (Å²) in [6.07, 6.45) is 0. The average molecular weight is 297 g/mol. The highest BCUT2D eigenvalue weighted by Gasteiger charge is 2.16. The first-order valence-corrected chi connectivity index (χ1v) is 7.34. The molecule has 2 aromatic rings. The first-order valence-electron chi connectivity index (χ1n) is 5.85. The highest BCUT2D eigenvalue weighted by atomic mass is 32.2. The van der Waals surface area contributed by atoms with E-state index in [1.165, 1.54) is 13.2 Å². The first-order chi connectivity index (χ1) is 9.42. The fourth-order valence-corrected chi connectivity index (χ4v) is 2.73. The molecule has 0 aliphatic heterocycles. The van der Waals surface area contributed by atoms with E-state index in [1.54, 1.807) is 26.0 Å². The Morgan fingerprint density at radius 3 is 2.60 bits per heavy atom. The summed E-state index contributed by atoms with van der Waals surface area (Å²) in [5.41, 5.74) is 0.740. The van der Waals surface area contributed by atoms with Gasteiger partial charge in [-0.2, -0.15) is 0 Å². The summed E-state index contributed by atoms with van der Waals surface area (Å²) in [6, 6.07) is 4.63. The predicted molar refractivity (Wildman–Crippen MR) is 70.8 cm³/mol. The minimum Gasteiger partial charge on any atom is -0.496 e. The molecule has 1 N–H and O–H groups in total. The minimum absolute atomic E-state index is 0.0474. The quantitative estimate of drug-likeness (QED) is 0.890. The zero-order chi connectivity index (χ0) is 14.8. The predicted octanol–water partition coefficient (Wildman–Crippen LogP) is 1.17. The highest BCUT2D eigenvalue weighted by Crippen LogP contribution is 2.21. The Bertz CT molecular complexity index is 709. The van der Waals surface area contributed by atoms with E-state index < -0.39 is 10.0 Å². The van der Waals surface area contributed by atoms with E-state index in [0.717, 1.165) is 5.56 Å². The van der Waals surface area contributed by atoms with Gasteiger partial charge in [0, 0.05) is 6.92 Å². The number of hydrogen-bond acceptors (Lipinski definition) is 6. The average Bonchev–Trinajstić information content (AvgIpc) is 2.82. The van der Waals surface area contributed by atoms with Crippen molar-refractivity contribution in [3.63, 3.8) is 0 Å². The maximum atomic E-state index is 12.1. The van der Waals surface area contributed by atoms with Crippen LogP contribution in [0.25, 0.3) is 0 Å². The van der Waals surface area contributed by atoms with E-state index in [0.29, 0.717) is 11.6 Å². The van der Waals surface area contributed by atoms with Crippen LogP contribution < -0.4 is 9.46 Å². The Morgan fingerprint density at radius 2 is 2.05 bits per heavy atom. The SMILES string of the molecule is COc1ccc(S(=O)(=O)NCc2nnc(C)o2)cc1C. The lowest BCUT2D eigenvalue weighted by Crippen LogP contribution is -2.23. The second-order valence-electron chi connectivity index (χ2n) is 4.17. The molecule has 0 aliphatic carbocycles. The zero-order valence-corrected chi connectivity index (χ0v) is 12.2. The van der Waals surface area contributed by atoms with Gasteiger partial charge in [0.25, 0.3) is 0 Å². The summed E-state index contributed by atoms with van der Waals surface area (Å²) in [4.78, 5) is 0.159. The van der Waals surface area contributed by atoms with Crippen LogP contribution in [0.2, 0.25) is 0 Å². The van der Waals surface area contributed by atoms with Gasteiger partial charge in [-0.3, -0.25) is 0 Å². The summed E-state index contributed by atoms with van der Waals surface area (Å²) < 4.78 is 36.9. The van der Waals surface area contributed by atoms with Crippen LogP contribution in [-0.4, -0.2) is 25.7 Å². The number of rotatable bonds is 5. The number of aryl methyl sites for hydroxylation is 2. The van der Waals surface area contributed by atoms with Crippen LogP contribution in [0.4, 0.5) is 0 Å². The van der Waals surface area contributed by atoms with Crippen molar-refractivity contribution in [2.24, 2.45) is 0 Å². The Hall–Kier alpha value is -1.93. The number of ether oxygens (including phenoxy) is 1. The smallest absolute Gasteiger partial charge is 0.241 e. The summed E-state index contributed by atoms with van der Waals surface area (Å²) in [5.74, 6) is 1.24. The molecule has 0 atom stereocenters. The van der Waals surface area contributed by atoms with Crippen LogP contribution in [0.15, 0.2) is 27.5 Å². The number of sulfonamides is 1. The van der Waals surface area contributed by atoms with Crippen LogP contribution >= 0.6 is 0 Å². The third kappa shape index (κ3) is 3.14. The van der Waals surface area contributed by atoms with Crippen molar-refractivity contribution >= 4 is 10.0 Å². The summed E-state index contributed by atoms with van der Waals surface area (Å²) >= 11 is 0. The lowest BCUT2D eigenvalue weighted by molar-refractivity contribution is 0.411. The van der Waals surface area contributed by atoms with E-state index in [-0.39, 0.29) is 17.3 Å². The van der Waals surface area contributed by atoms with Crippen molar-refractivity contribution in [1.82, 2.24) is 14.9 Å². The van der Waals surface area contributed by atoms with Crippen LogP contribution in [0.3, 0.4) is 0 Å². The number of nitrogens with one attached hydrogen (secondary N) is 1. The van der Waals surface area contributed by atoms with Gasteiger partial charge in [0.1, 0.15) is 5.75 Å². The van der Waals surface area contributed by atoms with Gasteiger partial charge in [0.05, 0.1) is 18.6 Å². The second-order valence-corrected chi connectivity index (χ2v) is 5.94. The van der Waals surface area contributed by atoms with E-state index in [1.807, 2.05) is 0 Å². The van der Waals surface area contributed by atoms with Crippen molar-refractivity contribution in [2.75, 3.05) is 7.11 Å². The molecule has 7 nitrogen and oxygen atoms in total. The molecule has 0 fully saturated rings. The molecule has 20 heavy (non-hydrogen) atoms. The van der Waals surface area contributed by atoms with Gasteiger partial charge in [-0.1, -0.05) is 0 Å². The molecule has 0 aliphatic rings. The van der Waals surface area contributed by atoms with Crippen LogP contribution in [0, 0.1) is 13.8 Å². The fourth-order valence-electron chi connectivity index (χ4n) is 1.67. The van der Waals surface area contributed by atoms with Gasteiger partial charge in [-0.05, 0) is 30.7 Å². The van der Waals surface area contributed by atoms with Gasteiger partial charge in [0.2, 0.25) is 21.8 Å². The number of aromatic nitrogens is 2. The normalized spacial score (nSPS) is 11.6. The molecule has 1 heterocycles. The molecule has 1 aromatic carbocycles. The fraction of sp³-hybridized carbons (Fsp3) is 0.333. The molecule has 2 rings (SSSR count). The molecule has 8 heteroatoms. The third-order valence-electron chi connectivity index (χ3n) is 2.66. The van der Waals surface area contributed by atoms with Gasteiger partial charge >= 0.3 is 0 Å². The Morgan fingerprint density at radius 1 is 1.30 bits per heavy atom. The van der Waals surface area contributed by atoms with Gasteiger partial charge in [-0.25, -0.2) is 13.1 Å². The Balaban J connectivity index is 2.15. The van der Waals surface area contributed by atoms with Gasteiger partial charge in [0.15, 0.2) is 0 Å². The lowest BCUT2D eigenvalue weighted by Gasteiger charge is -2.08. The third-order valence-corrected chi connectivity index (χ3v) is 4.06. The Kier molecular flexibility index (Phi) is 4.05. The monoisotopic (exact) mass is 297 g/mol. The topological polar surface area (TPSA) is 94.3 Å². The van der Waals surface area contributed by atoms with E-state index in [2.05, 4.69) is 14.9 Å². The zero-order valence-electron chi connectivity index (χ0n) is 11.4. The molecule has 1 aromatic heterocycles. The summed E-state index contributed by atoms with van der Waals surface area (Å²) in [7, 11) is -2.10. The van der Waals surface area contributed by atoms with Gasteiger partial charge < -0.3 is 9.15 Å². The van der Waals surface area contributed by atoms with Crippen LogP contribution in [-0.2, 0) is 16.6 Å². The van der Waals surface area contributed by atoms with E-state index in [4.69, 9.17) is 9.15 Å². The minimum atomic E-state index is -3.63. The molecule has 0 radical (unpaired) electrons. The number of hydrogen-bond donors (Lipinski definition) is 1. The molecule has 0 spiro atoms. The second kappa shape index (κ2) is 5.59. The molecule has 0 amide bonds. The molecule has 0 saturated heterocycles. The maximum Gasteiger partial charge on any atom is 0.241 e. The van der Waals surface area contributed by atoms with E-state index >= 15 is 0 Å². The van der Waals surface area contributed by atoms with Crippen LogP contribution in [0.1, 0.15) is 17.3 Å². The first kappa shape index (κ1) is 14.5. The van der Waals surface area contributed by atoms with Crippen molar-refractivity contribution in [2.45, 2.75) is 25.3 Å². The lowest BCUT2D eigenvalue weighted by atomic mass is 10.2. The number of nitrogens with zero attached hydrogens (tertiary/aromatic N) is 2. The Labute approximate surface area is 117 Å². The van der Waals surface area contributed by atoms with Crippen molar-refractivity contribution in [1.29, 1.82) is 0 Å². The highest BCUT2D eigenvalue weighted by molar-refractivity contribution is 7.89. The summed E-state index contributed by atoms with van der Waals surface area (Å²) in [5, 5.41) is 7.35. The van der Waals surface area contributed by atoms with Crippen molar-refractivity contribution < 1.29 is 17.6 Å². The molecular formula is C12H15N3O4S. The van der Waals surface area contributed by atoms with Gasteiger partial charge in [-0.15, -0.1) is 10.2 Å². The number of benzene rings is 1. The van der Waals surface area contributed by atoms with Crippen molar-refractivity contribution in [3.05, 3.63) is 35.5 Å². The standard InChI is InChI=1S/C12H15N3O4S/c1-8-6-10(4-5-11(8)18-3)20(16,17)13-7-12-15-14-9(2)19-12/h4-6,13H,7H2,1-3H3.